The Kier molecular flexibility index (Phi) is 5.52. The van der Waals surface area contributed by atoms with Gasteiger partial charge in [-0.15, -0.1) is 0 Å². The Morgan fingerprint density at radius 3 is 1.86 bits per heavy atom. The van der Waals surface area contributed by atoms with Gasteiger partial charge in [0, 0.05) is 0 Å². The van der Waals surface area contributed by atoms with Crippen molar-refractivity contribution < 1.29 is 0 Å². The van der Waals surface area contributed by atoms with Crippen molar-refractivity contribution in [3.05, 3.63) is 35.5 Å². The summed E-state index contributed by atoms with van der Waals surface area (Å²) in [5, 5.41) is 0. The van der Waals surface area contributed by atoms with Crippen molar-refractivity contribution in [3.8, 4) is 0 Å². The van der Waals surface area contributed by atoms with Gasteiger partial charge in [0.2, 0.25) is 0 Å². The van der Waals surface area contributed by atoms with E-state index in [1.165, 1.54) is 16.7 Å². The van der Waals surface area contributed by atoms with Gasteiger partial charge in [0.15, 0.2) is 0 Å². The van der Waals surface area contributed by atoms with Crippen LogP contribution < -0.4 is 0 Å². The molecule has 0 bridgehead atoms. The third-order valence-electron chi connectivity index (χ3n) is 2.58. The molecule has 0 aromatic rings. The first kappa shape index (κ1) is 13.2. The Morgan fingerprint density at radius 1 is 1.07 bits per heavy atom. The summed E-state index contributed by atoms with van der Waals surface area (Å²) in [6.07, 6.45) is 4.31. The van der Waals surface area contributed by atoms with Gasteiger partial charge in [-0.25, -0.2) is 0 Å². The molecule has 0 amide bonds. The lowest BCUT2D eigenvalue weighted by Crippen LogP contribution is -2.01. The minimum Gasteiger partial charge on any atom is -0.0953 e. The minimum atomic E-state index is 0.536. The molecule has 14 heavy (non-hydrogen) atoms. The molecule has 0 radical (unpaired) electrons. The quantitative estimate of drug-likeness (QED) is 0.564. The lowest BCUT2D eigenvalue weighted by Gasteiger charge is -2.16. The summed E-state index contributed by atoms with van der Waals surface area (Å²) < 4.78 is 0. The van der Waals surface area contributed by atoms with Crippen molar-refractivity contribution in [2.24, 2.45) is 11.8 Å². The third-order valence-corrected chi connectivity index (χ3v) is 2.58. The zero-order valence-corrected chi connectivity index (χ0v) is 10.5. The average molecular weight is 192 g/mol. The lowest BCUT2D eigenvalue weighted by molar-refractivity contribution is 0.746. The summed E-state index contributed by atoms with van der Waals surface area (Å²) in [6.45, 7) is 17.2. The third kappa shape index (κ3) is 3.53. The monoisotopic (exact) mass is 192 g/mol. The Morgan fingerprint density at radius 2 is 1.57 bits per heavy atom. The number of allylic oxidation sites excluding steroid dienone is 5. The second kappa shape index (κ2) is 5.85. The van der Waals surface area contributed by atoms with E-state index in [4.69, 9.17) is 0 Å². The topological polar surface area (TPSA) is 0 Å². The molecule has 0 aromatic carbocycles. The van der Waals surface area contributed by atoms with Gasteiger partial charge < -0.3 is 0 Å². The number of rotatable bonds is 4. The second-order valence-electron chi connectivity index (χ2n) is 4.41. The Bertz CT molecular complexity index is 249. The molecule has 0 saturated heterocycles. The molecule has 0 aromatic heterocycles. The van der Waals surface area contributed by atoms with E-state index in [1.54, 1.807) is 0 Å². The molecule has 0 unspecified atom stereocenters. The van der Waals surface area contributed by atoms with Gasteiger partial charge in [-0.3, -0.25) is 0 Å². The predicted octanol–water partition coefficient (Wildman–Crippen LogP) is 4.75. The average Bonchev–Trinajstić information content (AvgIpc) is 2.11. The predicted molar refractivity (Wildman–Crippen MR) is 66.3 cm³/mol. The summed E-state index contributed by atoms with van der Waals surface area (Å²) in [5.41, 5.74) is 4.02. The second-order valence-corrected chi connectivity index (χ2v) is 4.41. The van der Waals surface area contributed by atoms with E-state index in [9.17, 15) is 0 Å². The van der Waals surface area contributed by atoms with Crippen molar-refractivity contribution in [1.29, 1.82) is 0 Å². The molecule has 0 rings (SSSR count). The molecule has 0 N–H and O–H groups in total. The fourth-order valence-electron chi connectivity index (χ4n) is 1.55. The molecule has 0 saturated carbocycles. The summed E-state index contributed by atoms with van der Waals surface area (Å²) in [4.78, 5) is 0. The highest BCUT2D eigenvalue weighted by molar-refractivity contribution is 5.38. The van der Waals surface area contributed by atoms with E-state index >= 15 is 0 Å². The SMILES string of the molecule is C=C(/C(C)=C(\C=C/C)C(C)C)C(C)C. The zero-order chi connectivity index (χ0) is 11.3. The molecule has 0 spiro atoms. The normalized spacial score (nSPS) is 14.0. The first-order valence-corrected chi connectivity index (χ1v) is 5.44. The van der Waals surface area contributed by atoms with E-state index in [1.807, 2.05) is 0 Å². The van der Waals surface area contributed by atoms with Crippen molar-refractivity contribution in [2.75, 3.05) is 0 Å². The van der Waals surface area contributed by atoms with Gasteiger partial charge in [-0.05, 0) is 42.4 Å². The maximum Gasteiger partial charge on any atom is -0.0216 e. The Hall–Kier alpha value is -0.780. The van der Waals surface area contributed by atoms with Crippen molar-refractivity contribution in [2.45, 2.75) is 41.5 Å². The summed E-state index contributed by atoms with van der Waals surface area (Å²) in [5.74, 6) is 1.11. The first-order valence-electron chi connectivity index (χ1n) is 5.44. The Labute approximate surface area is 89.4 Å². The van der Waals surface area contributed by atoms with Gasteiger partial charge in [0.05, 0.1) is 0 Å². The van der Waals surface area contributed by atoms with E-state index in [0.717, 1.165) is 0 Å². The molecule has 0 aliphatic heterocycles. The van der Waals surface area contributed by atoms with Crippen molar-refractivity contribution in [3.63, 3.8) is 0 Å². The fraction of sp³-hybridized carbons (Fsp3) is 0.571. The highest BCUT2D eigenvalue weighted by Crippen LogP contribution is 2.25. The first-order chi connectivity index (χ1) is 6.41. The van der Waals surface area contributed by atoms with Crippen LogP contribution in [0.4, 0.5) is 0 Å². The van der Waals surface area contributed by atoms with Crippen LogP contribution in [0.5, 0.6) is 0 Å². The highest BCUT2D eigenvalue weighted by Gasteiger charge is 2.09. The molecule has 0 heteroatoms. The van der Waals surface area contributed by atoms with Crippen LogP contribution in [0.25, 0.3) is 0 Å². The van der Waals surface area contributed by atoms with E-state index < -0.39 is 0 Å². The number of hydrogen-bond donors (Lipinski definition) is 0. The van der Waals surface area contributed by atoms with Crippen LogP contribution >= 0.6 is 0 Å². The van der Waals surface area contributed by atoms with E-state index in [2.05, 4.69) is 60.3 Å². The van der Waals surface area contributed by atoms with Crippen LogP contribution in [0.2, 0.25) is 0 Å². The van der Waals surface area contributed by atoms with Gasteiger partial charge in [-0.2, -0.15) is 0 Å². The fourth-order valence-corrected chi connectivity index (χ4v) is 1.55. The van der Waals surface area contributed by atoms with Gasteiger partial charge in [0.1, 0.15) is 0 Å². The van der Waals surface area contributed by atoms with Crippen LogP contribution in [0.1, 0.15) is 41.5 Å². The van der Waals surface area contributed by atoms with Crippen LogP contribution in [-0.4, -0.2) is 0 Å². The maximum absolute atomic E-state index is 4.15. The summed E-state index contributed by atoms with van der Waals surface area (Å²) in [7, 11) is 0. The standard InChI is InChI=1S/C14H24/c1-8-9-14(11(4)5)13(7)12(6)10(2)3/h8-11H,6H2,1-5,7H3/b9-8-,14-13+. The molecular formula is C14H24. The minimum absolute atomic E-state index is 0.536. The van der Waals surface area contributed by atoms with Crippen molar-refractivity contribution in [1.82, 2.24) is 0 Å². The van der Waals surface area contributed by atoms with E-state index in [0.29, 0.717) is 11.8 Å². The van der Waals surface area contributed by atoms with Crippen LogP contribution in [0.3, 0.4) is 0 Å². The molecule has 0 nitrogen and oxygen atoms in total. The van der Waals surface area contributed by atoms with E-state index in [-0.39, 0.29) is 0 Å². The van der Waals surface area contributed by atoms with Gasteiger partial charge in [-0.1, -0.05) is 46.4 Å². The molecule has 0 fully saturated rings. The molecular weight excluding hydrogens is 168 g/mol. The smallest absolute Gasteiger partial charge is 0.0216 e. The molecule has 0 aliphatic carbocycles. The van der Waals surface area contributed by atoms with Crippen LogP contribution in [0.15, 0.2) is 35.5 Å². The highest BCUT2D eigenvalue weighted by atomic mass is 14.1. The molecule has 0 aliphatic rings. The summed E-state index contributed by atoms with van der Waals surface area (Å²) in [6, 6.07) is 0. The van der Waals surface area contributed by atoms with Crippen LogP contribution in [-0.2, 0) is 0 Å². The largest absolute Gasteiger partial charge is 0.0953 e. The van der Waals surface area contributed by atoms with Gasteiger partial charge >= 0.3 is 0 Å². The maximum atomic E-state index is 4.15. The number of hydrogen-bond acceptors (Lipinski definition) is 0. The summed E-state index contributed by atoms with van der Waals surface area (Å²) >= 11 is 0. The lowest BCUT2D eigenvalue weighted by atomic mass is 9.89. The van der Waals surface area contributed by atoms with Gasteiger partial charge in [0.25, 0.3) is 0 Å². The van der Waals surface area contributed by atoms with Crippen molar-refractivity contribution >= 4 is 0 Å². The zero-order valence-electron chi connectivity index (χ0n) is 10.5. The molecule has 80 valence electrons. The Balaban J connectivity index is 5.09. The molecule has 0 atom stereocenters. The molecule has 0 heterocycles. The van der Waals surface area contributed by atoms with Crippen LogP contribution in [0, 0.1) is 11.8 Å².